The number of nitrogens with one attached hydrogen (secondary N) is 1. The molecule has 1 N–H and O–H groups in total. The van der Waals surface area contributed by atoms with Crippen molar-refractivity contribution >= 4 is 27.3 Å². The van der Waals surface area contributed by atoms with Crippen LogP contribution in [0.5, 0.6) is 0 Å². The van der Waals surface area contributed by atoms with E-state index in [9.17, 15) is 4.39 Å². The van der Waals surface area contributed by atoms with Gasteiger partial charge >= 0.3 is 0 Å². The molecule has 3 rings (SSSR count). The smallest absolute Gasteiger partial charge is 0.123 e. The summed E-state index contributed by atoms with van der Waals surface area (Å²) in [4.78, 5) is 5.23. The third kappa shape index (κ3) is 3.80. The zero-order chi connectivity index (χ0) is 15.4. The molecule has 0 unspecified atom stereocenters. The summed E-state index contributed by atoms with van der Waals surface area (Å²) >= 11 is 5.10. The molecule has 0 amide bonds. The first kappa shape index (κ1) is 15.3. The molecule has 0 bridgehead atoms. The minimum absolute atomic E-state index is 0.0738. The van der Waals surface area contributed by atoms with Crippen molar-refractivity contribution in [1.29, 1.82) is 0 Å². The lowest BCUT2D eigenvalue weighted by Crippen LogP contribution is -2.21. The number of halogens is 2. The molecular formula is C17H14BrFN2S. The molecule has 1 aromatic heterocycles. The number of benzene rings is 2. The summed E-state index contributed by atoms with van der Waals surface area (Å²) in [5, 5.41) is 3.49. The normalized spacial score (nSPS) is 12.3. The maximum atomic E-state index is 13.6. The van der Waals surface area contributed by atoms with E-state index in [0.717, 1.165) is 20.5 Å². The van der Waals surface area contributed by atoms with Crippen LogP contribution in [-0.4, -0.2) is 4.98 Å². The second-order valence-electron chi connectivity index (χ2n) is 4.89. The van der Waals surface area contributed by atoms with Crippen molar-refractivity contribution in [2.75, 3.05) is 0 Å². The molecule has 2 nitrogen and oxygen atoms in total. The molecule has 1 atom stereocenters. The standard InChI is InChI=1S/C17H14BrFN2S/c18-14-5-1-3-12(7-14)17(13-4-2-6-15(19)8-13)21-10-16-9-20-11-22-16/h1-9,11,17,21H,10H2/t17-/m1/s1. The molecule has 0 radical (unpaired) electrons. The Bertz CT molecular complexity index is 700. The average molecular weight is 377 g/mol. The van der Waals surface area contributed by atoms with Gasteiger partial charge in [-0.05, 0) is 35.4 Å². The van der Waals surface area contributed by atoms with E-state index >= 15 is 0 Å². The van der Waals surface area contributed by atoms with E-state index in [1.807, 2.05) is 36.0 Å². The van der Waals surface area contributed by atoms with Gasteiger partial charge in [0.2, 0.25) is 0 Å². The summed E-state index contributed by atoms with van der Waals surface area (Å²) < 4.78 is 14.6. The zero-order valence-electron chi connectivity index (χ0n) is 11.7. The van der Waals surface area contributed by atoms with Crippen molar-refractivity contribution in [2.45, 2.75) is 12.6 Å². The molecular weight excluding hydrogens is 363 g/mol. The second kappa shape index (κ2) is 7.13. The molecule has 0 saturated heterocycles. The predicted molar refractivity (Wildman–Crippen MR) is 91.3 cm³/mol. The van der Waals surface area contributed by atoms with E-state index in [0.29, 0.717) is 6.54 Å². The highest BCUT2D eigenvalue weighted by atomic mass is 79.9. The van der Waals surface area contributed by atoms with Gasteiger partial charge < -0.3 is 5.32 Å². The van der Waals surface area contributed by atoms with E-state index in [1.165, 1.54) is 6.07 Å². The second-order valence-corrected chi connectivity index (χ2v) is 6.78. The van der Waals surface area contributed by atoms with Gasteiger partial charge in [-0.15, -0.1) is 11.3 Å². The van der Waals surface area contributed by atoms with Gasteiger partial charge in [0.1, 0.15) is 5.82 Å². The Morgan fingerprint density at radius 2 is 1.91 bits per heavy atom. The fourth-order valence-electron chi connectivity index (χ4n) is 2.33. The van der Waals surface area contributed by atoms with Crippen LogP contribution in [0.25, 0.3) is 0 Å². The molecule has 3 aromatic rings. The quantitative estimate of drug-likeness (QED) is 0.683. The van der Waals surface area contributed by atoms with Crippen LogP contribution in [0, 0.1) is 5.82 Å². The summed E-state index contributed by atoms with van der Waals surface area (Å²) in [6.07, 6.45) is 1.85. The highest BCUT2D eigenvalue weighted by molar-refractivity contribution is 9.10. The Labute approximate surface area is 141 Å². The predicted octanol–water partition coefficient (Wildman–Crippen LogP) is 4.92. The SMILES string of the molecule is Fc1cccc([C@H](NCc2cncs2)c2cccc(Br)c2)c1. The Balaban J connectivity index is 1.91. The molecule has 5 heteroatoms. The molecule has 0 aliphatic rings. The van der Waals surface area contributed by atoms with Crippen LogP contribution in [0.3, 0.4) is 0 Å². The van der Waals surface area contributed by atoms with Gasteiger partial charge in [-0.2, -0.15) is 0 Å². The summed E-state index contributed by atoms with van der Waals surface area (Å²) in [5.74, 6) is -0.225. The average Bonchev–Trinajstić information content (AvgIpc) is 3.01. The summed E-state index contributed by atoms with van der Waals surface area (Å²) in [6, 6.07) is 14.7. The molecule has 0 aliphatic heterocycles. The maximum absolute atomic E-state index is 13.6. The first-order chi connectivity index (χ1) is 10.7. The number of aromatic nitrogens is 1. The van der Waals surface area contributed by atoms with E-state index in [-0.39, 0.29) is 11.9 Å². The highest BCUT2D eigenvalue weighted by Gasteiger charge is 2.15. The van der Waals surface area contributed by atoms with Crippen molar-refractivity contribution in [3.05, 3.63) is 86.5 Å². The number of rotatable bonds is 5. The molecule has 1 heterocycles. The number of hydrogen-bond acceptors (Lipinski definition) is 3. The Morgan fingerprint density at radius 3 is 2.59 bits per heavy atom. The van der Waals surface area contributed by atoms with E-state index in [1.54, 1.807) is 23.5 Å². The van der Waals surface area contributed by atoms with Gasteiger partial charge in [-0.25, -0.2) is 4.39 Å². The third-order valence-corrected chi connectivity index (χ3v) is 4.60. The molecule has 0 spiro atoms. The molecule has 0 fully saturated rings. The molecule has 0 saturated carbocycles. The largest absolute Gasteiger partial charge is 0.301 e. The lowest BCUT2D eigenvalue weighted by Gasteiger charge is -2.20. The minimum atomic E-state index is -0.225. The van der Waals surface area contributed by atoms with E-state index < -0.39 is 0 Å². The first-order valence-corrected chi connectivity index (χ1v) is 8.51. The Morgan fingerprint density at radius 1 is 1.14 bits per heavy atom. The molecule has 112 valence electrons. The Kier molecular flexibility index (Phi) is 4.97. The summed E-state index contributed by atoms with van der Waals surface area (Å²) in [6.45, 7) is 0.693. The lowest BCUT2D eigenvalue weighted by atomic mass is 9.98. The molecule has 2 aromatic carbocycles. The van der Waals surface area contributed by atoms with Crippen molar-refractivity contribution in [3.8, 4) is 0 Å². The van der Waals surface area contributed by atoms with Gasteiger partial charge in [0.15, 0.2) is 0 Å². The van der Waals surface area contributed by atoms with Gasteiger partial charge in [0, 0.05) is 22.1 Å². The molecule has 22 heavy (non-hydrogen) atoms. The van der Waals surface area contributed by atoms with Crippen LogP contribution in [0.4, 0.5) is 4.39 Å². The van der Waals surface area contributed by atoms with E-state index in [4.69, 9.17) is 0 Å². The summed E-state index contributed by atoms with van der Waals surface area (Å²) in [7, 11) is 0. The summed E-state index contributed by atoms with van der Waals surface area (Å²) in [5.41, 5.74) is 3.81. The van der Waals surface area contributed by atoms with Crippen molar-refractivity contribution < 1.29 is 4.39 Å². The highest BCUT2D eigenvalue weighted by Crippen LogP contribution is 2.26. The third-order valence-electron chi connectivity index (χ3n) is 3.33. The zero-order valence-corrected chi connectivity index (χ0v) is 14.1. The van der Waals surface area contributed by atoms with Gasteiger partial charge in [0.05, 0.1) is 11.6 Å². The van der Waals surface area contributed by atoms with Gasteiger partial charge in [-0.1, -0.05) is 40.2 Å². The lowest BCUT2D eigenvalue weighted by molar-refractivity contribution is 0.592. The van der Waals surface area contributed by atoms with Crippen molar-refractivity contribution in [2.24, 2.45) is 0 Å². The first-order valence-electron chi connectivity index (χ1n) is 6.84. The number of hydrogen-bond donors (Lipinski definition) is 1. The monoisotopic (exact) mass is 376 g/mol. The van der Waals surface area contributed by atoms with Crippen LogP contribution >= 0.6 is 27.3 Å². The number of nitrogens with zero attached hydrogens (tertiary/aromatic N) is 1. The topological polar surface area (TPSA) is 24.9 Å². The van der Waals surface area contributed by atoms with Crippen LogP contribution in [0.15, 0.2) is 64.7 Å². The van der Waals surface area contributed by atoms with Crippen LogP contribution < -0.4 is 5.32 Å². The maximum Gasteiger partial charge on any atom is 0.123 e. The van der Waals surface area contributed by atoms with Crippen LogP contribution in [0.1, 0.15) is 22.0 Å². The fraction of sp³-hybridized carbons (Fsp3) is 0.118. The minimum Gasteiger partial charge on any atom is -0.301 e. The van der Waals surface area contributed by atoms with Gasteiger partial charge in [0.25, 0.3) is 0 Å². The van der Waals surface area contributed by atoms with Crippen molar-refractivity contribution in [1.82, 2.24) is 10.3 Å². The Hall–Kier alpha value is -1.56. The number of thiazole rings is 1. The van der Waals surface area contributed by atoms with Crippen molar-refractivity contribution in [3.63, 3.8) is 0 Å². The fourth-order valence-corrected chi connectivity index (χ4v) is 3.29. The van der Waals surface area contributed by atoms with Crippen LogP contribution in [-0.2, 0) is 6.54 Å². The van der Waals surface area contributed by atoms with Gasteiger partial charge in [-0.3, -0.25) is 4.98 Å². The van der Waals surface area contributed by atoms with Crippen LogP contribution in [0.2, 0.25) is 0 Å². The van der Waals surface area contributed by atoms with E-state index in [2.05, 4.69) is 32.3 Å². The molecule has 0 aliphatic carbocycles.